The molecule has 3 N–H and O–H groups in total. The predicted molar refractivity (Wildman–Crippen MR) is 68.5 cm³/mol. The number of likely N-dealkylation sites (N-methyl/N-ethyl adjacent to an activating group) is 1. The van der Waals surface area contributed by atoms with Crippen molar-refractivity contribution in [2.75, 3.05) is 13.6 Å². The Morgan fingerprint density at radius 1 is 1.41 bits per heavy atom. The van der Waals surface area contributed by atoms with E-state index in [-0.39, 0.29) is 18.1 Å². The van der Waals surface area contributed by atoms with Gasteiger partial charge >= 0.3 is 0 Å². The SMILES string of the molecule is CN(C(=O)C(C)(C)CCN)C1CCCCC1O. The van der Waals surface area contributed by atoms with Gasteiger partial charge in [0.15, 0.2) is 0 Å². The first-order chi connectivity index (χ1) is 7.90. The summed E-state index contributed by atoms with van der Waals surface area (Å²) in [6, 6.07) is -0.0201. The summed E-state index contributed by atoms with van der Waals surface area (Å²) in [6.07, 6.45) is 4.18. The Hall–Kier alpha value is -0.610. The van der Waals surface area contributed by atoms with Gasteiger partial charge < -0.3 is 15.7 Å². The summed E-state index contributed by atoms with van der Waals surface area (Å²) in [7, 11) is 1.81. The number of hydrogen-bond donors (Lipinski definition) is 2. The molecule has 0 aromatic rings. The van der Waals surface area contributed by atoms with Crippen molar-refractivity contribution in [1.82, 2.24) is 4.90 Å². The molecule has 1 aliphatic rings. The fourth-order valence-corrected chi connectivity index (χ4v) is 2.64. The zero-order chi connectivity index (χ0) is 13.1. The van der Waals surface area contributed by atoms with Gasteiger partial charge in [-0.25, -0.2) is 0 Å². The zero-order valence-corrected chi connectivity index (χ0v) is 11.3. The van der Waals surface area contributed by atoms with Crippen molar-refractivity contribution in [3.8, 4) is 0 Å². The maximum Gasteiger partial charge on any atom is 0.228 e. The van der Waals surface area contributed by atoms with Crippen LogP contribution in [0.25, 0.3) is 0 Å². The second-order valence-electron chi connectivity index (χ2n) is 5.76. The van der Waals surface area contributed by atoms with Crippen molar-refractivity contribution in [2.45, 2.75) is 58.1 Å². The second-order valence-corrected chi connectivity index (χ2v) is 5.76. The van der Waals surface area contributed by atoms with E-state index in [9.17, 15) is 9.90 Å². The maximum absolute atomic E-state index is 12.4. The number of nitrogens with zero attached hydrogens (tertiary/aromatic N) is 1. The summed E-state index contributed by atoms with van der Waals surface area (Å²) in [5, 5.41) is 9.97. The van der Waals surface area contributed by atoms with Crippen molar-refractivity contribution in [1.29, 1.82) is 0 Å². The highest BCUT2D eigenvalue weighted by atomic mass is 16.3. The number of aliphatic hydroxyl groups is 1. The van der Waals surface area contributed by atoms with E-state index < -0.39 is 5.41 Å². The summed E-state index contributed by atoms with van der Waals surface area (Å²) in [6.45, 7) is 4.36. The fraction of sp³-hybridized carbons (Fsp3) is 0.923. The van der Waals surface area contributed by atoms with Gasteiger partial charge in [-0.3, -0.25) is 4.79 Å². The minimum Gasteiger partial charge on any atom is -0.391 e. The van der Waals surface area contributed by atoms with Gasteiger partial charge in [0.1, 0.15) is 0 Å². The second kappa shape index (κ2) is 5.83. The molecule has 0 bridgehead atoms. The van der Waals surface area contributed by atoms with Gasteiger partial charge in [0, 0.05) is 12.5 Å². The molecule has 0 aliphatic heterocycles. The van der Waals surface area contributed by atoms with Crippen LogP contribution in [0, 0.1) is 5.41 Å². The Bertz CT molecular complexity index is 266. The van der Waals surface area contributed by atoms with Crippen LogP contribution in [-0.2, 0) is 4.79 Å². The smallest absolute Gasteiger partial charge is 0.228 e. The normalized spacial score (nSPS) is 25.7. The Morgan fingerprint density at radius 2 is 2.00 bits per heavy atom. The minimum atomic E-state index is -0.430. The zero-order valence-electron chi connectivity index (χ0n) is 11.3. The van der Waals surface area contributed by atoms with E-state index in [0.717, 1.165) is 25.7 Å². The number of hydrogen-bond acceptors (Lipinski definition) is 3. The molecule has 0 saturated heterocycles. The number of nitrogens with two attached hydrogens (primary N) is 1. The van der Waals surface area contributed by atoms with Crippen molar-refractivity contribution in [3.05, 3.63) is 0 Å². The van der Waals surface area contributed by atoms with E-state index in [1.165, 1.54) is 0 Å². The maximum atomic E-state index is 12.4. The standard InChI is InChI=1S/C13H26N2O2/c1-13(2,8-9-14)12(17)15(3)10-6-4-5-7-11(10)16/h10-11,16H,4-9,14H2,1-3H3. The van der Waals surface area contributed by atoms with Crippen molar-refractivity contribution < 1.29 is 9.90 Å². The monoisotopic (exact) mass is 242 g/mol. The lowest BCUT2D eigenvalue weighted by atomic mass is 9.85. The lowest BCUT2D eigenvalue weighted by Crippen LogP contribution is -2.50. The summed E-state index contributed by atoms with van der Waals surface area (Å²) in [5.41, 5.74) is 5.11. The summed E-state index contributed by atoms with van der Waals surface area (Å²) in [5.74, 6) is 0.0916. The van der Waals surface area contributed by atoms with Gasteiger partial charge in [0.2, 0.25) is 5.91 Å². The highest BCUT2D eigenvalue weighted by molar-refractivity contribution is 5.82. The Labute approximate surface area is 104 Å². The molecule has 4 nitrogen and oxygen atoms in total. The predicted octanol–water partition coefficient (Wildman–Crippen LogP) is 1.12. The Kier molecular flexibility index (Phi) is 4.95. The number of carbonyl (C=O) groups is 1. The van der Waals surface area contributed by atoms with Crippen LogP contribution in [0.15, 0.2) is 0 Å². The molecule has 0 aromatic carbocycles. The van der Waals surface area contributed by atoms with Crippen LogP contribution >= 0.6 is 0 Å². The quantitative estimate of drug-likeness (QED) is 0.776. The number of rotatable bonds is 4. The molecule has 100 valence electrons. The van der Waals surface area contributed by atoms with E-state index in [0.29, 0.717) is 13.0 Å². The van der Waals surface area contributed by atoms with Gasteiger partial charge in [0.05, 0.1) is 12.1 Å². The lowest BCUT2D eigenvalue weighted by Gasteiger charge is -2.39. The Balaban J connectivity index is 2.67. The molecule has 4 heteroatoms. The molecule has 0 spiro atoms. The van der Waals surface area contributed by atoms with Crippen LogP contribution in [-0.4, -0.2) is 41.7 Å². The fourth-order valence-electron chi connectivity index (χ4n) is 2.64. The van der Waals surface area contributed by atoms with E-state index in [4.69, 9.17) is 5.73 Å². The summed E-state index contributed by atoms with van der Waals surface area (Å²) >= 11 is 0. The van der Waals surface area contributed by atoms with Crippen LogP contribution in [0.1, 0.15) is 46.0 Å². The first-order valence-electron chi connectivity index (χ1n) is 6.55. The molecule has 1 saturated carbocycles. The summed E-state index contributed by atoms with van der Waals surface area (Å²) < 4.78 is 0. The topological polar surface area (TPSA) is 66.6 Å². The third kappa shape index (κ3) is 3.42. The van der Waals surface area contributed by atoms with E-state index in [1.807, 2.05) is 13.8 Å². The largest absolute Gasteiger partial charge is 0.391 e. The van der Waals surface area contributed by atoms with Crippen molar-refractivity contribution in [2.24, 2.45) is 11.1 Å². The van der Waals surface area contributed by atoms with Gasteiger partial charge in [-0.2, -0.15) is 0 Å². The van der Waals surface area contributed by atoms with Gasteiger partial charge in [-0.15, -0.1) is 0 Å². The molecule has 2 atom stereocenters. The van der Waals surface area contributed by atoms with Crippen LogP contribution in [0.5, 0.6) is 0 Å². The number of carbonyl (C=O) groups excluding carboxylic acids is 1. The molecule has 1 rings (SSSR count). The van der Waals surface area contributed by atoms with Crippen LogP contribution < -0.4 is 5.73 Å². The third-order valence-electron chi connectivity index (χ3n) is 3.86. The van der Waals surface area contributed by atoms with Gasteiger partial charge in [-0.1, -0.05) is 26.7 Å². The molecule has 0 heterocycles. The van der Waals surface area contributed by atoms with Crippen LogP contribution in [0.2, 0.25) is 0 Å². The molecule has 1 fully saturated rings. The lowest BCUT2D eigenvalue weighted by molar-refractivity contribution is -0.144. The number of aliphatic hydroxyl groups excluding tert-OH is 1. The molecule has 0 radical (unpaired) electrons. The first-order valence-corrected chi connectivity index (χ1v) is 6.55. The molecule has 1 amide bonds. The van der Waals surface area contributed by atoms with E-state index >= 15 is 0 Å². The minimum absolute atomic E-state index is 0.0201. The van der Waals surface area contributed by atoms with Gasteiger partial charge in [-0.05, 0) is 25.8 Å². The summed E-state index contributed by atoms with van der Waals surface area (Å²) in [4.78, 5) is 14.1. The molecular formula is C13H26N2O2. The van der Waals surface area contributed by atoms with Crippen LogP contribution in [0.4, 0.5) is 0 Å². The van der Waals surface area contributed by atoms with Crippen molar-refractivity contribution >= 4 is 5.91 Å². The Morgan fingerprint density at radius 3 is 2.53 bits per heavy atom. The molecule has 17 heavy (non-hydrogen) atoms. The molecule has 2 unspecified atom stereocenters. The molecule has 1 aliphatic carbocycles. The van der Waals surface area contributed by atoms with E-state index in [1.54, 1.807) is 11.9 Å². The van der Waals surface area contributed by atoms with E-state index in [2.05, 4.69) is 0 Å². The average Bonchev–Trinajstić information content (AvgIpc) is 2.27. The first kappa shape index (κ1) is 14.5. The van der Waals surface area contributed by atoms with Crippen molar-refractivity contribution in [3.63, 3.8) is 0 Å². The molecular weight excluding hydrogens is 216 g/mol. The highest BCUT2D eigenvalue weighted by Crippen LogP contribution is 2.28. The average molecular weight is 242 g/mol. The highest BCUT2D eigenvalue weighted by Gasteiger charge is 2.36. The third-order valence-corrected chi connectivity index (χ3v) is 3.86. The van der Waals surface area contributed by atoms with Crippen LogP contribution in [0.3, 0.4) is 0 Å². The number of amides is 1. The molecule has 0 aromatic heterocycles. The van der Waals surface area contributed by atoms with Gasteiger partial charge in [0.25, 0.3) is 0 Å².